The van der Waals surface area contributed by atoms with Gasteiger partial charge < -0.3 is 4.43 Å². The fourth-order valence-corrected chi connectivity index (χ4v) is 6.62. The van der Waals surface area contributed by atoms with Gasteiger partial charge in [-0.15, -0.1) is 0 Å². The molecular formula is C23H24OSi. The van der Waals surface area contributed by atoms with Crippen molar-refractivity contribution < 1.29 is 4.43 Å². The Morgan fingerprint density at radius 3 is 1.88 bits per heavy atom. The fraction of sp³-hybridized carbons (Fsp3) is 0.217. The summed E-state index contributed by atoms with van der Waals surface area (Å²) >= 11 is 0. The molecule has 0 spiro atoms. The van der Waals surface area contributed by atoms with Crippen molar-refractivity contribution in [3.8, 4) is 0 Å². The van der Waals surface area contributed by atoms with E-state index in [9.17, 15) is 0 Å². The molecule has 1 heterocycles. The molecule has 0 amide bonds. The van der Waals surface area contributed by atoms with Crippen LogP contribution >= 0.6 is 0 Å². The van der Waals surface area contributed by atoms with Crippen molar-refractivity contribution in [1.29, 1.82) is 0 Å². The van der Waals surface area contributed by atoms with E-state index in [2.05, 4.69) is 84.9 Å². The molecule has 0 N–H and O–H groups in total. The molecule has 0 bridgehead atoms. The molecule has 4 rings (SSSR count). The van der Waals surface area contributed by atoms with E-state index in [1.54, 1.807) is 0 Å². The van der Waals surface area contributed by atoms with E-state index >= 15 is 0 Å². The van der Waals surface area contributed by atoms with E-state index in [1.165, 1.54) is 40.8 Å². The third-order valence-corrected chi connectivity index (χ3v) is 7.89. The predicted octanol–water partition coefficient (Wildman–Crippen LogP) is 4.61. The maximum Gasteiger partial charge on any atom is 0.208 e. The van der Waals surface area contributed by atoms with Crippen molar-refractivity contribution in [3.63, 3.8) is 0 Å². The second-order valence-corrected chi connectivity index (χ2v) is 9.25. The number of hydrogen-bond acceptors (Lipinski definition) is 1. The monoisotopic (exact) mass is 344 g/mol. The Bertz CT molecular complexity index is 755. The molecule has 1 aliphatic rings. The second-order valence-electron chi connectivity index (χ2n) is 6.74. The van der Waals surface area contributed by atoms with Crippen LogP contribution in [-0.2, 0) is 4.43 Å². The number of rotatable bonds is 4. The molecule has 1 aliphatic heterocycles. The van der Waals surface area contributed by atoms with Crippen LogP contribution in [0.25, 0.3) is 0 Å². The van der Waals surface area contributed by atoms with Crippen LogP contribution in [0.2, 0.25) is 6.04 Å². The van der Waals surface area contributed by atoms with Gasteiger partial charge in [-0.3, -0.25) is 0 Å². The summed E-state index contributed by atoms with van der Waals surface area (Å²) in [6, 6.07) is 32.0. The zero-order chi connectivity index (χ0) is 16.9. The summed E-state index contributed by atoms with van der Waals surface area (Å²) in [4.78, 5) is 0. The van der Waals surface area contributed by atoms with Gasteiger partial charge in [0.05, 0.1) is 0 Å². The third kappa shape index (κ3) is 3.60. The summed E-state index contributed by atoms with van der Waals surface area (Å²) in [6.45, 7) is 0.937. The molecule has 3 aromatic rings. The standard InChI is InChI=1S/C23H24OSi/c1-3-11-19(12-4-1)23(20-13-5-2-6-14-20)21-15-7-8-16-22(21)25-18-10-9-17-24-25/h1-8,11-16,23,25H,9-10,17-18H2. The molecule has 1 saturated heterocycles. The Kier molecular flexibility index (Phi) is 5.10. The Balaban J connectivity index is 1.83. The van der Waals surface area contributed by atoms with E-state index in [0.29, 0.717) is 0 Å². The van der Waals surface area contributed by atoms with Crippen molar-refractivity contribution >= 4 is 14.2 Å². The molecule has 25 heavy (non-hydrogen) atoms. The third-order valence-electron chi connectivity index (χ3n) is 5.10. The first-order chi connectivity index (χ1) is 12.4. The van der Waals surface area contributed by atoms with Crippen molar-refractivity contribution in [2.45, 2.75) is 24.8 Å². The van der Waals surface area contributed by atoms with Gasteiger partial charge in [0.1, 0.15) is 0 Å². The van der Waals surface area contributed by atoms with Crippen molar-refractivity contribution in [2.24, 2.45) is 0 Å². The van der Waals surface area contributed by atoms with Crippen LogP contribution in [-0.4, -0.2) is 15.6 Å². The molecule has 3 aromatic carbocycles. The molecule has 0 saturated carbocycles. The smallest absolute Gasteiger partial charge is 0.208 e. The first-order valence-corrected chi connectivity index (χ1v) is 11.1. The number of hydrogen-bond donors (Lipinski definition) is 0. The largest absolute Gasteiger partial charge is 0.415 e. The average Bonchev–Trinajstić information content (AvgIpc) is 2.71. The van der Waals surface area contributed by atoms with E-state index in [1.807, 2.05) is 0 Å². The molecule has 1 nitrogen and oxygen atoms in total. The summed E-state index contributed by atoms with van der Waals surface area (Å²) in [5, 5.41) is 1.49. The summed E-state index contributed by atoms with van der Waals surface area (Å²) in [5.41, 5.74) is 4.13. The van der Waals surface area contributed by atoms with E-state index in [-0.39, 0.29) is 5.92 Å². The van der Waals surface area contributed by atoms with Crippen LogP contribution in [0.5, 0.6) is 0 Å². The van der Waals surface area contributed by atoms with Gasteiger partial charge in [-0.05, 0) is 34.3 Å². The molecule has 126 valence electrons. The van der Waals surface area contributed by atoms with Crippen LogP contribution in [0.4, 0.5) is 0 Å². The predicted molar refractivity (Wildman–Crippen MR) is 107 cm³/mol. The highest BCUT2D eigenvalue weighted by Crippen LogP contribution is 2.31. The van der Waals surface area contributed by atoms with Crippen molar-refractivity contribution in [3.05, 3.63) is 102 Å². The van der Waals surface area contributed by atoms with E-state index in [0.717, 1.165) is 6.61 Å². The quantitative estimate of drug-likeness (QED) is 0.496. The summed E-state index contributed by atoms with van der Waals surface area (Å²) in [5.74, 6) is 0.275. The minimum atomic E-state index is -1.33. The zero-order valence-electron chi connectivity index (χ0n) is 14.5. The molecule has 1 atom stereocenters. The van der Waals surface area contributed by atoms with Gasteiger partial charge in [0, 0.05) is 12.5 Å². The second kappa shape index (κ2) is 7.81. The highest BCUT2D eigenvalue weighted by Gasteiger charge is 2.26. The summed E-state index contributed by atoms with van der Waals surface area (Å²) in [6.07, 6.45) is 2.53. The van der Waals surface area contributed by atoms with Gasteiger partial charge in [-0.2, -0.15) is 0 Å². The lowest BCUT2D eigenvalue weighted by molar-refractivity contribution is 0.294. The van der Waals surface area contributed by atoms with Gasteiger partial charge in [0.2, 0.25) is 9.04 Å². The van der Waals surface area contributed by atoms with Gasteiger partial charge in [-0.25, -0.2) is 0 Å². The van der Waals surface area contributed by atoms with Crippen LogP contribution in [0, 0.1) is 0 Å². The SMILES string of the molecule is c1ccc(C(c2ccccc2)c2ccccc2[SiH]2CCCCO2)cc1. The maximum atomic E-state index is 6.27. The first-order valence-electron chi connectivity index (χ1n) is 9.24. The molecule has 2 heteroatoms. The highest BCUT2D eigenvalue weighted by molar-refractivity contribution is 6.68. The zero-order valence-corrected chi connectivity index (χ0v) is 15.6. The van der Waals surface area contributed by atoms with Gasteiger partial charge >= 0.3 is 0 Å². The van der Waals surface area contributed by atoms with Crippen molar-refractivity contribution in [2.75, 3.05) is 6.61 Å². The van der Waals surface area contributed by atoms with Crippen LogP contribution in [0.3, 0.4) is 0 Å². The maximum absolute atomic E-state index is 6.27. The minimum absolute atomic E-state index is 0.275. The Morgan fingerprint density at radius 1 is 0.680 bits per heavy atom. The topological polar surface area (TPSA) is 9.23 Å². The van der Waals surface area contributed by atoms with Crippen molar-refractivity contribution in [1.82, 2.24) is 0 Å². The average molecular weight is 345 g/mol. The van der Waals surface area contributed by atoms with Gasteiger partial charge in [0.15, 0.2) is 0 Å². The Morgan fingerprint density at radius 2 is 1.28 bits per heavy atom. The lowest BCUT2D eigenvalue weighted by Gasteiger charge is -2.27. The van der Waals surface area contributed by atoms with E-state index in [4.69, 9.17) is 4.43 Å². The highest BCUT2D eigenvalue weighted by atomic mass is 28.3. The van der Waals surface area contributed by atoms with Crippen LogP contribution < -0.4 is 5.19 Å². The normalized spacial score (nSPS) is 17.6. The summed E-state index contributed by atoms with van der Waals surface area (Å²) in [7, 11) is -1.33. The van der Waals surface area contributed by atoms with Gasteiger partial charge in [0.25, 0.3) is 0 Å². The molecule has 0 aromatic heterocycles. The van der Waals surface area contributed by atoms with Crippen LogP contribution in [0.1, 0.15) is 35.4 Å². The lowest BCUT2D eigenvalue weighted by atomic mass is 9.85. The van der Waals surface area contributed by atoms with E-state index < -0.39 is 9.04 Å². The molecule has 1 unspecified atom stereocenters. The Labute approximate surface area is 152 Å². The summed E-state index contributed by atoms with van der Waals surface area (Å²) < 4.78 is 6.27. The first kappa shape index (κ1) is 16.3. The Hall–Kier alpha value is -2.16. The lowest BCUT2D eigenvalue weighted by Crippen LogP contribution is -2.39. The van der Waals surface area contributed by atoms with Gasteiger partial charge in [-0.1, -0.05) is 91.3 Å². The number of benzene rings is 3. The van der Waals surface area contributed by atoms with Crippen LogP contribution in [0.15, 0.2) is 84.9 Å². The molecular weight excluding hydrogens is 320 g/mol. The minimum Gasteiger partial charge on any atom is -0.415 e. The molecule has 1 fully saturated rings. The fourth-order valence-electron chi connectivity index (χ4n) is 3.90. The molecule has 0 radical (unpaired) electrons. The molecule has 0 aliphatic carbocycles.